The lowest BCUT2D eigenvalue weighted by molar-refractivity contribution is -0.0281. The zero-order valence-electron chi connectivity index (χ0n) is 13.8. The SMILES string of the molecule is CC1CC[C@@]2(C)C(=CC[C@H]3[C@@H]4CCC[C@@]4(C)CC[C@@H]32)C1. The summed E-state index contributed by atoms with van der Waals surface area (Å²) in [7, 11) is 0. The quantitative estimate of drug-likeness (QED) is 0.476. The minimum Gasteiger partial charge on any atom is -0.0845 e. The predicted octanol–water partition coefficient (Wildman–Crippen LogP) is 5.98. The first-order chi connectivity index (χ1) is 9.53. The molecule has 0 saturated heterocycles. The molecular formula is C20H32. The van der Waals surface area contributed by atoms with Gasteiger partial charge in [-0.3, -0.25) is 0 Å². The molecule has 4 aliphatic rings. The lowest BCUT2D eigenvalue weighted by atomic mass is 9.48. The molecule has 0 aromatic carbocycles. The highest BCUT2D eigenvalue weighted by molar-refractivity contribution is 5.24. The van der Waals surface area contributed by atoms with Crippen LogP contribution in [0.15, 0.2) is 11.6 Å². The highest BCUT2D eigenvalue weighted by atomic mass is 14.6. The van der Waals surface area contributed by atoms with Crippen LogP contribution >= 0.6 is 0 Å². The third-order valence-corrected chi connectivity index (χ3v) is 8.13. The summed E-state index contributed by atoms with van der Waals surface area (Å²) in [5.41, 5.74) is 3.16. The van der Waals surface area contributed by atoms with Gasteiger partial charge in [-0.15, -0.1) is 0 Å². The highest BCUT2D eigenvalue weighted by Crippen LogP contribution is 2.65. The molecule has 4 rings (SSSR count). The molecule has 0 N–H and O–H groups in total. The van der Waals surface area contributed by atoms with Gasteiger partial charge in [-0.05, 0) is 85.9 Å². The summed E-state index contributed by atoms with van der Waals surface area (Å²) in [6.45, 7) is 7.71. The Bertz CT molecular complexity index is 433. The Morgan fingerprint density at radius 2 is 1.85 bits per heavy atom. The fraction of sp³-hybridized carbons (Fsp3) is 0.900. The molecule has 6 atom stereocenters. The largest absolute Gasteiger partial charge is 0.0845 e. The maximum Gasteiger partial charge on any atom is -0.00851 e. The maximum atomic E-state index is 2.71. The van der Waals surface area contributed by atoms with Gasteiger partial charge in [0.1, 0.15) is 0 Å². The molecule has 0 nitrogen and oxygen atoms in total. The predicted molar refractivity (Wildman–Crippen MR) is 85.5 cm³/mol. The minimum atomic E-state index is 0.583. The van der Waals surface area contributed by atoms with Crippen LogP contribution in [0.3, 0.4) is 0 Å². The van der Waals surface area contributed by atoms with Gasteiger partial charge in [-0.1, -0.05) is 38.8 Å². The third-order valence-electron chi connectivity index (χ3n) is 8.13. The van der Waals surface area contributed by atoms with Crippen LogP contribution in [-0.2, 0) is 0 Å². The first kappa shape index (κ1) is 13.4. The molecule has 0 radical (unpaired) electrons. The fourth-order valence-electron chi connectivity index (χ4n) is 6.84. The third kappa shape index (κ3) is 1.72. The van der Waals surface area contributed by atoms with Crippen molar-refractivity contribution in [3.8, 4) is 0 Å². The number of hydrogen-bond acceptors (Lipinski definition) is 0. The molecule has 0 aliphatic heterocycles. The van der Waals surface area contributed by atoms with Crippen molar-refractivity contribution >= 4 is 0 Å². The lowest BCUT2D eigenvalue weighted by Gasteiger charge is -2.57. The zero-order valence-corrected chi connectivity index (χ0v) is 13.8. The van der Waals surface area contributed by atoms with Gasteiger partial charge in [-0.2, -0.15) is 0 Å². The Labute approximate surface area is 125 Å². The average molecular weight is 272 g/mol. The molecule has 4 aliphatic carbocycles. The van der Waals surface area contributed by atoms with E-state index in [2.05, 4.69) is 26.8 Å². The Morgan fingerprint density at radius 3 is 2.70 bits per heavy atom. The van der Waals surface area contributed by atoms with Crippen molar-refractivity contribution < 1.29 is 0 Å². The molecule has 0 spiro atoms. The van der Waals surface area contributed by atoms with Crippen molar-refractivity contribution in [3.63, 3.8) is 0 Å². The standard InChI is InChI=1S/C20H32/c1-14-8-12-20(3)15(13-14)6-7-16-17-5-4-10-19(17,2)11-9-18(16)20/h6,14,16-18H,4-5,7-13H2,1-3H3/t14?,16-,17-,18-,19-,20-/m0/s1. The summed E-state index contributed by atoms with van der Waals surface area (Å²) in [5, 5.41) is 0. The molecule has 0 aromatic rings. The molecule has 3 fully saturated rings. The van der Waals surface area contributed by atoms with Crippen molar-refractivity contribution in [2.75, 3.05) is 0 Å². The summed E-state index contributed by atoms with van der Waals surface area (Å²) in [4.78, 5) is 0. The molecule has 0 aromatic heterocycles. The fourth-order valence-corrected chi connectivity index (χ4v) is 6.84. The molecule has 0 bridgehead atoms. The molecule has 0 amide bonds. The van der Waals surface area contributed by atoms with Crippen molar-refractivity contribution in [1.82, 2.24) is 0 Å². The van der Waals surface area contributed by atoms with E-state index in [1.165, 1.54) is 57.8 Å². The lowest BCUT2D eigenvalue weighted by Crippen LogP contribution is -2.48. The van der Waals surface area contributed by atoms with Gasteiger partial charge in [0, 0.05) is 0 Å². The first-order valence-electron chi connectivity index (χ1n) is 9.22. The van der Waals surface area contributed by atoms with E-state index in [1.54, 1.807) is 0 Å². The summed E-state index contributed by atoms with van der Waals surface area (Å²) in [5.74, 6) is 4.03. The maximum absolute atomic E-state index is 2.71. The van der Waals surface area contributed by atoms with Gasteiger partial charge in [0.2, 0.25) is 0 Å². The van der Waals surface area contributed by atoms with Crippen LogP contribution in [-0.4, -0.2) is 0 Å². The van der Waals surface area contributed by atoms with Crippen LogP contribution < -0.4 is 0 Å². The van der Waals surface area contributed by atoms with Crippen molar-refractivity contribution in [2.24, 2.45) is 34.5 Å². The topological polar surface area (TPSA) is 0 Å². The highest BCUT2D eigenvalue weighted by Gasteiger charge is 2.55. The number of hydrogen-bond donors (Lipinski definition) is 0. The normalized spacial score (nSPS) is 54.6. The summed E-state index contributed by atoms with van der Waals surface area (Å²) in [6, 6.07) is 0. The van der Waals surface area contributed by atoms with E-state index in [1.807, 2.05) is 5.57 Å². The summed E-state index contributed by atoms with van der Waals surface area (Å²) < 4.78 is 0. The van der Waals surface area contributed by atoms with E-state index >= 15 is 0 Å². The van der Waals surface area contributed by atoms with Crippen LogP contribution in [0.1, 0.15) is 78.6 Å². The summed E-state index contributed by atoms with van der Waals surface area (Å²) in [6.07, 6.45) is 16.1. The second kappa shape index (κ2) is 4.37. The minimum absolute atomic E-state index is 0.583. The monoisotopic (exact) mass is 272 g/mol. The van der Waals surface area contributed by atoms with Gasteiger partial charge in [0.05, 0.1) is 0 Å². The van der Waals surface area contributed by atoms with Gasteiger partial charge in [0.15, 0.2) is 0 Å². The van der Waals surface area contributed by atoms with E-state index in [0.29, 0.717) is 10.8 Å². The van der Waals surface area contributed by atoms with E-state index in [-0.39, 0.29) is 0 Å². The van der Waals surface area contributed by atoms with Crippen LogP contribution in [0.2, 0.25) is 0 Å². The van der Waals surface area contributed by atoms with Crippen LogP contribution in [0.25, 0.3) is 0 Å². The number of fused-ring (bicyclic) bond motifs is 5. The van der Waals surface area contributed by atoms with Crippen molar-refractivity contribution in [3.05, 3.63) is 11.6 Å². The van der Waals surface area contributed by atoms with Crippen LogP contribution in [0.4, 0.5) is 0 Å². The Kier molecular flexibility index (Phi) is 2.93. The van der Waals surface area contributed by atoms with Crippen LogP contribution in [0.5, 0.6) is 0 Å². The van der Waals surface area contributed by atoms with Gasteiger partial charge in [0.25, 0.3) is 0 Å². The number of allylic oxidation sites excluding steroid dienone is 2. The zero-order chi connectivity index (χ0) is 14.0. The second-order valence-electron chi connectivity index (χ2n) is 9.19. The number of rotatable bonds is 0. The molecule has 3 saturated carbocycles. The smallest absolute Gasteiger partial charge is 0.00851 e. The van der Waals surface area contributed by atoms with Crippen LogP contribution in [0, 0.1) is 34.5 Å². The first-order valence-corrected chi connectivity index (χ1v) is 9.22. The molecular weight excluding hydrogens is 240 g/mol. The van der Waals surface area contributed by atoms with Gasteiger partial charge in [-0.25, -0.2) is 0 Å². The molecule has 0 heterocycles. The average Bonchev–Trinajstić information content (AvgIpc) is 2.81. The van der Waals surface area contributed by atoms with E-state index in [9.17, 15) is 0 Å². The Hall–Kier alpha value is -0.260. The molecule has 112 valence electrons. The summed E-state index contributed by atoms with van der Waals surface area (Å²) >= 11 is 0. The Morgan fingerprint density at radius 1 is 1.00 bits per heavy atom. The van der Waals surface area contributed by atoms with E-state index in [0.717, 1.165) is 23.7 Å². The molecule has 1 unspecified atom stereocenters. The second-order valence-corrected chi connectivity index (χ2v) is 9.19. The molecule has 0 heteroatoms. The van der Waals surface area contributed by atoms with E-state index in [4.69, 9.17) is 0 Å². The van der Waals surface area contributed by atoms with Gasteiger partial charge < -0.3 is 0 Å². The van der Waals surface area contributed by atoms with Crippen molar-refractivity contribution in [1.29, 1.82) is 0 Å². The van der Waals surface area contributed by atoms with Crippen molar-refractivity contribution in [2.45, 2.75) is 78.6 Å². The van der Waals surface area contributed by atoms with Gasteiger partial charge >= 0.3 is 0 Å². The Balaban J connectivity index is 1.68. The van der Waals surface area contributed by atoms with E-state index < -0.39 is 0 Å². The molecule has 20 heavy (non-hydrogen) atoms.